The maximum atomic E-state index is 13.9. The van der Waals surface area contributed by atoms with E-state index in [2.05, 4.69) is 5.32 Å². The SMILES string of the molecule is COc1cc(C(C)NCC2CN(Cc3c(F)cccc3F)C(=O)CO2)ccc1F. The van der Waals surface area contributed by atoms with Gasteiger partial charge in [-0.3, -0.25) is 4.79 Å². The highest BCUT2D eigenvalue weighted by Gasteiger charge is 2.28. The molecule has 2 aromatic carbocycles. The van der Waals surface area contributed by atoms with Gasteiger partial charge in [0, 0.05) is 24.7 Å². The number of halogens is 3. The van der Waals surface area contributed by atoms with Gasteiger partial charge in [0.15, 0.2) is 11.6 Å². The van der Waals surface area contributed by atoms with Crippen molar-refractivity contribution in [2.75, 3.05) is 26.8 Å². The van der Waals surface area contributed by atoms with Crippen molar-refractivity contribution in [3.8, 4) is 5.75 Å². The molecule has 0 spiro atoms. The van der Waals surface area contributed by atoms with Crippen molar-refractivity contribution in [1.82, 2.24) is 10.2 Å². The summed E-state index contributed by atoms with van der Waals surface area (Å²) in [4.78, 5) is 13.5. The van der Waals surface area contributed by atoms with Crippen LogP contribution in [-0.4, -0.2) is 43.7 Å². The number of benzene rings is 2. The van der Waals surface area contributed by atoms with Gasteiger partial charge in [0.25, 0.3) is 0 Å². The molecule has 1 aliphatic heterocycles. The van der Waals surface area contributed by atoms with Gasteiger partial charge in [0.1, 0.15) is 18.2 Å². The smallest absolute Gasteiger partial charge is 0.248 e. The van der Waals surface area contributed by atoms with E-state index >= 15 is 0 Å². The average Bonchev–Trinajstić information content (AvgIpc) is 2.71. The highest BCUT2D eigenvalue weighted by molar-refractivity contribution is 5.78. The lowest BCUT2D eigenvalue weighted by molar-refractivity contribution is -0.149. The van der Waals surface area contributed by atoms with Crippen LogP contribution in [0.25, 0.3) is 0 Å². The molecule has 1 aliphatic rings. The Morgan fingerprint density at radius 3 is 2.62 bits per heavy atom. The number of hydrogen-bond donors (Lipinski definition) is 1. The number of ether oxygens (including phenoxy) is 2. The Labute approximate surface area is 167 Å². The Bertz CT molecular complexity index is 858. The summed E-state index contributed by atoms with van der Waals surface area (Å²) < 4.78 is 51.9. The van der Waals surface area contributed by atoms with Gasteiger partial charge in [0.2, 0.25) is 5.91 Å². The number of amides is 1. The maximum Gasteiger partial charge on any atom is 0.248 e. The summed E-state index contributed by atoms with van der Waals surface area (Å²) in [5.41, 5.74) is 0.696. The zero-order chi connectivity index (χ0) is 21.0. The minimum absolute atomic E-state index is 0.122. The Kier molecular flexibility index (Phi) is 6.76. The van der Waals surface area contributed by atoms with Gasteiger partial charge >= 0.3 is 0 Å². The second kappa shape index (κ2) is 9.28. The third-order valence-electron chi connectivity index (χ3n) is 4.96. The molecular weight excluding hydrogens is 385 g/mol. The van der Waals surface area contributed by atoms with Crippen molar-refractivity contribution in [2.24, 2.45) is 0 Å². The number of carbonyl (C=O) groups excluding carboxylic acids is 1. The van der Waals surface area contributed by atoms with Crippen LogP contribution in [0, 0.1) is 17.5 Å². The maximum absolute atomic E-state index is 13.9. The predicted octanol–water partition coefficient (Wildman–Crippen LogP) is 3.19. The number of carbonyl (C=O) groups is 1. The topological polar surface area (TPSA) is 50.8 Å². The molecule has 2 aromatic rings. The molecule has 2 atom stereocenters. The number of hydrogen-bond acceptors (Lipinski definition) is 4. The quantitative estimate of drug-likeness (QED) is 0.765. The van der Waals surface area contributed by atoms with Crippen LogP contribution < -0.4 is 10.1 Å². The first-order valence-corrected chi connectivity index (χ1v) is 9.28. The minimum atomic E-state index is -0.683. The highest BCUT2D eigenvalue weighted by Crippen LogP contribution is 2.23. The van der Waals surface area contributed by atoms with Crippen molar-refractivity contribution in [3.05, 3.63) is 65.0 Å². The molecule has 0 bridgehead atoms. The van der Waals surface area contributed by atoms with E-state index in [1.54, 1.807) is 12.1 Å². The summed E-state index contributed by atoms with van der Waals surface area (Å²) in [6, 6.07) is 8.12. The van der Waals surface area contributed by atoms with Crippen LogP contribution in [0.1, 0.15) is 24.1 Å². The third kappa shape index (κ3) is 5.07. The molecule has 3 rings (SSSR count). The fraction of sp³-hybridized carbons (Fsp3) is 0.381. The van der Waals surface area contributed by atoms with Crippen LogP contribution in [0.3, 0.4) is 0 Å². The lowest BCUT2D eigenvalue weighted by Crippen LogP contribution is -2.49. The standard InChI is InChI=1S/C21H23F3N2O3/c1-13(14-6-7-19(24)20(8-14)28-2)25-9-15-10-26(21(27)12-29-15)11-16-17(22)4-3-5-18(16)23/h3-8,13,15,25H,9-12H2,1-2H3. The molecule has 1 saturated heterocycles. The Morgan fingerprint density at radius 2 is 1.93 bits per heavy atom. The summed E-state index contributed by atoms with van der Waals surface area (Å²) >= 11 is 0. The fourth-order valence-electron chi connectivity index (χ4n) is 3.20. The lowest BCUT2D eigenvalue weighted by atomic mass is 10.1. The highest BCUT2D eigenvalue weighted by atomic mass is 19.1. The summed E-state index contributed by atoms with van der Waals surface area (Å²) in [6.07, 6.45) is -0.340. The van der Waals surface area contributed by atoms with Crippen LogP contribution >= 0.6 is 0 Å². The van der Waals surface area contributed by atoms with E-state index in [0.29, 0.717) is 6.54 Å². The van der Waals surface area contributed by atoms with Crippen LogP contribution in [0.4, 0.5) is 13.2 Å². The van der Waals surface area contributed by atoms with Crippen LogP contribution in [-0.2, 0) is 16.1 Å². The summed E-state index contributed by atoms with van der Waals surface area (Å²) in [5.74, 6) is -1.96. The summed E-state index contributed by atoms with van der Waals surface area (Å²) in [5, 5.41) is 3.27. The van der Waals surface area contributed by atoms with Gasteiger partial charge in [-0.15, -0.1) is 0 Å². The van der Waals surface area contributed by atoms with E-state index in [1.165, 1.54) is 36.3 Å². The van der Waals surface area contributed by atoms with Crippen molar-refractivity contribution in [3.63, 3.8) is 0 Å². The van der Waals surface area contributed by atoms with Gasteiger partial charge in [0.05, 0.1) is 19.8 Å². The van der Waals surface area contributed by atoms with Crippen LogP contribution in [0.2, 0.25) is 0 Å². The van der Waals surface area contributed by atoms with Crippen molar-refractivity contribution >= 4 is 5.91 Å². The third-order valence-corrected chi connectivity index (χ3v) is 4.96. The number of morpholine rings is 1. The van der Waals surface area contributed by atoms with Gasteiger partial charge in [-0.25, -0.2) is 13.2 Å². The molecule has 1 heterocycles. The van der Waals surface area contributed by atoms with Gasteiger partial charge in [-0.2, -0.15) is 0 Å². The van der Waals surface area contributed by atoms with E-state index in [-0.39, 0.29) is 49.1 Å². The normalized spacial score (nSPS) is 18.0. The van der Waals surface area contributed by atoms with E-state index in [4.69, 9.17) is 9.47 Å². The molecular formula is C21H23F3N2O3. The molecule has 156 valence electrons. The van der Waals surface area contributed by atoms with Crippen LogP contribution in [0.5, 0.6) is 5.75 Å². The number of nitrogens with one attached hydrogen (secondary N) is 1. The summed E-state index contributed by atoms with van der Waals surface area (Å²) in [6.45, 7) is 2.22. The second-order valence-electron chi connectivity index (χ2n) is 6.93. The van der Waals surface area contributed by atoms with Gasteiger partial charge in [-0.05, 0) is 36.8 Å². The number of rotatable bonds is 7. The molecule has 0 aromatic heterocycles. The molecule has 0 saturated carbocycles. The van der Waals surface area contributed by atoms with E-state index in [0.717, 1.165) is 5.56 Å². The molecule has 8 heteroatoms. The fourth-order valence-corrected chi connectivity index (χ4v) is 3.20. The van der Waals surface area contributed by atoms with Crippen LogP contribution in [0.15, 0.2) is 36.4 Å². The largest absolute Gasteiger partial charge is 0.494 e. The van der Waals surface area contributed by atoms with Gasteiger partial charge < -0.3 is 19.7 Å². The molecule has 1 amide bonds. The Hall–Kier alpha value is -2.58. The first-order valence-electron chi connectivity index (χ1n) is 9.28. The zero-order valence-corrected chi connectivity index (χ0v) is 16.3. The number of nitrogens with zero attached hydrogens (tertiary/aromatic N) is 1. The summed E-state index contributed by atoms with van der Waals surface area (Å²) in [7, 11) is 1.40. The minimum Gasteiger partial charge on any atom is -0.494 e. The second-order valence-corrected chi connectivity index (χ2v) is 6.93. The van der Waals surface area contributed by atoms with Gasteiger partial charge in [-0.1, -0.05) is 12.1 Å². The number of methoxy groups -OCH3 is 1. The van der Waals surface area contributed by atoms with E-state index < -0.39 is 17.5 Å². The van der Waals surface area contributed by atoms with Crippen molar-refractivity contribution < 1.29 is 27.4 Å². The van der Waals surface area contributed by atoms with Crippen molar-refractivity contribution in [2.45, 2.75) is 25.6 Å². The Balaban J connectivity index is 1.60. The Morgan fingerprint density at radius 1 is 1.21 bits per heavy atom. The molecule has 29 heavy (non-hydrogen) atoms. The molecule has 0 radical (unpaired) electrons. The molecule has 5 nitrogen and oxygen atoms in total. The van der Waals surface area contributed by atoms with E-state index in [1.807, 2.05) is 6.92 Å². The monoisotopic (exact) mass is 408 g/mol. The molecule has 1 fully saturated rings. The molecule has 1 N–H and O–H groups in total. The predicted molar refractivity (Wildman–Crippen MR) is 101 cm³/mol. The first kappa shape index (κ1) is 21.1. The molecule has 2 unspecified atom stereocenters. The van der Waals surface area contributed by atoms with Crippen molar-refractivity contribution in [1.29, 1.82) is 0 Å². The molecule has 0 aliphatic carbocycles. The lowest BCUT2D eigenvalue weighted by Gasteiger charge is -2.33. The van der Waals surface area contributed by atoms with E-state index in [9.17, 15) is 18.0 Å². The first-order chi connectivity index (χ1) is 13.9. The average molecular weight is 408 g/mol. The zero-order valence-electron chi connectivity index (χ0n) is 16.3.